The maximum Gasteiger partial charge on any atom is 0.184 e. The first-order valence-corrected chi connectivity index (χ1v) is 6.93. The Balaban J connectivity index is 2.30. The predicted molar refractivity (Wildman–Crippen MR) is 66.3 cm³/mol. The molecule has 0 fully saturated rings. The summed E-state index contributed by atoms with van der Waals surface area (Å²) < 4.78 is 24.1. The summed E-state index contributed by atoms with van der Waals surface area (Å²) in [5, 5.41) is 0. The first-order chi connectivity index (χ1) is 8.08. The van der Waals surface area contributed by atoms with Gasteiger partial charge < -0.3 is 0 Å². The first kappa shape index (κ1) is 11.8. The molecule has 1 aromatic carbocycles. The van der Waals surface area contributed by atoms with E-state index in [1.165, 1.54) is 0 Å². The maximum absolute atomic E-state index is 12.1. The molecule has 88 valence electrons. The van der Waals surface area contributed by atoms with E-state index in [-0.39, 0.29) is 5.75 Å². The van der Waals surface area contributed by atoms with E-state index in [9.17, 15) is 8.42 Å². The summed E-state index contributed by atoms with van der Waals surface area (Å²) in [5.74, 6) is -0.0569. The molecule has 1 heterocycles. The van der Waals surface area contributed by atoms with Gasteiger partial charge in [0.05, 0.1) is 16.3 Å². The smallest absolute Gasteiger partial charge is 0.184 e. The molecule has 4 heteroatoms. The Labute approximate surface area is 101 Å². The molecule has 0 aliphatic rings. The van der Waals surface area contributed by atoms with Crippen molar-refractivity contribution in [1.82, 2.24) is 4.98 Å². The fraction of sp³-hybridized carbons (Fsp3) is 0.154. The van der Waals surface area contributed by atoms with Crippen LogP contribution in [0.25, 0.3) is 0 Å². The Morgan fingerprint density at radius 1 is 1.00 bits per heavy atom. The van der Waals surface area contributed by atoms with E-state index in [2.05, 4.69) is 4.98 Å². The number of sulfone groups is 1. The summed E-state index contributed by atoms with van der Waals surface area (Å²) >= 11 is 0. The lowest BCUT2D eigenvalue weighted by molar-refractivity contribution is 0.594. The minimum absolute atomic E-state index is 0.0569. The highest BCUT2D eigenvalue weighted by molar-refractivity contribution is 7.90. The van der Waals surface area contributed by atoms with Crippen LogP contribution in [0.1, 0.15) is 11.4 Å². The van der Waals surface area contributed by atoms with Crippen LogP contribution in [-0.2, 0) is 15.6 Å². The Morgan fingerprint density at radius 3 is 2.35 bits per heavy atom. The summed E-state index contributed by atoms with van der Waals surface area (Å²) in [7, 11) is -3.29. The number of aromatic nitrogens is 1. The zero-order chi connectivity index (χ0) is 12.3. The zero-order valence-electron chi connectivity index (χ0n) is 9.50. The molecule has 0 unspecified atom stereocenters. The molecule has 2 aromatic rings. The summed E-state index contributed by atoms with van der Waals surface area (Å²) in [6, 6.07) is 13.8. The van der Waals surface area contributed by atoms with Gasteiger partial charge in [0.15, 0.2) is 9.84 Å². The van der Waals surface area contributed by atoms with Gasteiger partial charge in [0.25, 0.3) is 0 Å². The van der Waals surface area contributed by atoms with Gasteiger partial charge >= 0.3 is 0 Å². The third-order valence-electron chi connectivity index (χ3n) is 2.39. The number of hydrogen-bond acceptors (Lipinski definition) is 3. The Morgan fingerprint density at radius 2 is 1.71 bits per heavy atom. The highest BCUT2D eigenvalue weighted by Crippen LogP contribution is 2.14. The SMILES string of the molecule is Cc1cccc(CS(=O)(=O)c2ccccc2)n1. The number of benzene rings is 1. The van der Waals surface area contributed by atoms with E-state index in [1.807, 2.05) is 19.1 Å². The van der Waals surface area contributed by atoms with E-state index in [0.717, 1.165) is 5.69 Å². The average molecular weight is 247 g/mol. The van der Waals surface area contributed by atoms with Crippen LogP contribution in [0.5, 0.6) is 0 Å². The van der Waals surface area contributed by atoms with Crippen molar-refractivity contribution in [1.29, 1.82) is 0 Å². The van der Waals surface area contributed by atoms with Crippen LogP contribution in [0.15, 0.2) is 53.4 Å². The molecular weight excluding hydrogens is 234 g/mol. The molecule has 0 atom stereocenters. The van der Waals surface area contributed by atoms with Gasteiger partial charge in [-0.05, 0) is 31.2 Å². The summed E-state index contributed by atoms with van der Waals surface area (Å²) in [6.07, 6.45) is 0. The molecule has 2 rings (SSSR count). The fourth-order valence-corrected chi connectivity index (χ4v) is 2.87. The molecule has 0 spiro atoms. The number of rotatable bonds is 3. The molecule has 0 aliphatic heterocycles. The van der Waals surface area contributed by atoms with E-state index in [0.29, 0.717) is 10.6 Å². The summed E-state index contributed by atoms with van der Waals surface area (Å²) in [5.41, 5.74) is 1.40. The molecule has 3 nitrogen and oxygen atoms in total. The van der Waals surface area contributed by atoms with Crippen LogP contribution in [0.2, 0.25) is 0 Å². The van der Waals surface area contributed by atoms with Crippen LogP contribution in [0.4, 0.5) is 0 Å². The molecule has 0 aliphatic carbocycles. The van der Waals surface area contributed by atoms with E-state index >= 15 is 0 Å². The van der Waals surface area contributed by atoms with Crippen LogP contribution < -0.4 is 0 Å². The molecule has 0 radical (unpaired) electrons. The summed E-state index contributed by atoms with van der Waals surface area (Å²) in [6.45, 7) is 1.85. The fourth-order valence-electron chi connectivity index (χ4n) is 1.59. The Bertz CT molecular complexity index is 606. The maximum atomic E-state index is 12.1. The van der Waals surface area contributed by atoms with Gasteiger partial charge in [-0.2, -0.15) is 0 Å². The van der Waals surface area contributed by atoms with E-state index < -0.39 is 9.84 Å². The van der Waals surface area contributed by atoms with Gasteiger partial charge in [0.1, 0.15) is 0 Å². The van der Waals surface area contributed by atoms with Gasteiger partial charge in [-0.3, -0.25) is 4.98 Å². The minimum atomic E-state index is -3.29. The van der Waals surface area contributed by atoms with Crippen molar-refractivity contribution in [2.75, 3.05) is 0 Å². The van der Waals surface area contributed by atoms with Crippen molar-refractivity contribution in [2.24, 2.45) is 0 Å². The van der Waals surface area contributed by atoms with E-state index in [1.54, 1.807) is 36.4 Å². The molecule has 17 heavy (non-hydrogen) atoms. The van der Waals surface area contributed by atoms with Gasteiger partial charge in [-0.1, -0.05) is 24.3 Å². The summed E-state index contributed by atoms with van der Waals surface area (Å²) in [4.78, 5) is 4.54. The molecule has 0 N–H and O–H groups in total. The lowest BCUT2D eigenvalue weighted by atomic mass is 10.3. The third-order valence-corrected chi connectivity index (χ3v) is 4.05. The second-order valence-electron chi connectivity index (χ2n) is 3.84. The second-order valence-corrected chi connectivity index (χ2v) is 5.83. The van der Waals surface area contributed by atoms with Gasteiger partial charge in [-0.25, -0.2) is 8.42 Å². The quantitative estimate of drug-likeness (QED) is 0.836. The van der Waals surface area contributed by atoms with Gasteiger partial charge in [-0.15, -0.1) is 0 Å². The third kappa shape index (κ3) is 2.91. The van der Waals surface area contributed by atoms with Crippen molar-refractivity contribution in [2.45, 2.75) is 17.6 Å². The molecule has 0 saturated heterocycles. The van der Waals surface area contributed by atoms with Crippen molar-refractivity contribution < 1.29 is 8.42 Å². The predicted octanol–water partition coefficient (Wildman–Crippen LogP) is 2.36. The lowest BCUT2D eigenvalue weighted by Crippen LogP contribution is -2.06. The van der Waals surface area contributed by atoms with Crippen molar-refractivity contribution in [3.05, 3.63) is 59.9 Å². The number of nitrogens with zero attached hydrogens (tertiary/aromatic N) is 1. The first-order valence-electron chi connectivity index (χ1n) is 5.28. The van der Waals surface area contributed by atoms with Crippen LogP contribution in [-0.4, -0.2) is 13.4 Å². The highest BCUT2D eigenvalue weighted by atomic mass is 32.2. The standard InChI is InChI=1S/C13H13NO2S/c1-11-6-5-7-12(14-11)10-17(15,16)13-8-3-2-4-9-13/h2-9H,10H2,1H3. The molecule has 1 aromatic heterocycles. The number of aryl methyl sites for hydroxylation is 1. The van der Waals surface area contributed by atoms with Crippen molar-refractivity contribution in [3.63, 3.8) is 0 Å². The normalized spacial score (nSPS) is 11.4. The Hall–Kier alpha value is -1.68. The average Bonchev–Trinajstić information content (AvgIpc) is 2.29. The van der Waals surface area contributed by atoms with Gasteiger partial charge in [0.2, 0.25) is 0 Å². The number of pyridine rings is 1. The topological polar surface area (TPSA) is 47.0 Å². The second kappa shape index (κ2) is 4.67. The van der Waals surface area contributed by atoms with E-state index in [4.69, 9.17) is 0 Å². The molecule has 0 saturated carbocycles. The molecule has 0 amide bonds. The zero-order valence-corrected chi connectivity index (χ0v) is 10.3. The minimum Gasteiger partial charge on any atom is -0.257 e. The van der Waals surface area contributed by atoms with Crippen LogP contribution in [0.3, 0.4) is 0 Å². The van der Waals surface area contributed by atoms with Crippen LogP contribution in [0, 0.1) is 6.92 Å². The Kier molecular flexibility index (Phi) is 3.24. The van der Waals surface area contributed by atoms with Crippen molar-refractivity contribution in [3.8, 4) is 0 Å². The molecular formula is C13H13NO2S. The monoisotopic (exact) mass is 247 g/mol. The lowest BCUT2D eigenvalue weighted by Gasteiger charge is -2.04. The largest absolute Gasteiger partial charge is 0.257 e. The van der Waals surface area contributed by atoms with Gasteiger partial charge in [0, 0.05) is 5.69 Å². The molecule has 0 bridgehead atoms. The number of hydrogen-bond donors (Lipinski definition) is 0. The van der Waals surface area contributed by atoms with Crippen LogP contribution >= 0.6 is 0 Å². The highest BCUT2D eigenvalue weighted by Gasteiger charge is 2.15. The van der Waals surface area contributed by atoms with Crippen molar-refractivity contribution >= 4 is 9.84 Å².